The zero-order valence-corrected chi connectivity index (χ0v) is 8.72. The molecule has 0 aromatic carbocycles. The molecule has 5 heteroatoms. The van der Waals surface area contributed by atoms with E-state index in [1.54, 1.807) is 0 Å². The number of carbonyl (C=O) groups excluding carboxylic acids is 1. The number of likely N-dealkylation sites (N-methyl/N-ethyl adjacent to an activating group) is 1. The van der Waals surface area contributed by atoms with Crippen LogP contribution in [-0.2, 0) is 4.79 Å². The number of hydrogen-bond acceptors (Lipinski definition) is 3. The van der Waals surface area contributed by atoms with Gasteiger partial charge in [0.2, 0.25) is 5.91 Å². The summed E-state index contributed by atoms with van der Waals surface area (Å²) < 4.78 is 12.7. The van der Waals surface area contributed by atoms with Crippen LogP contribution in [0, 0.1) is 0 Å². The fraction of sp³-hybridized carbons (Fsp3) is 0.889. The van der Waals surface area contributed by atoms with E-state index in [4.69, 9.17) is 0 Å². The van der Waals surface area contributed by atoms with Gasteiger partial charge in [0.25, 0.3) is 0 Å². The van der Waals surface area contributed by atoms with E-state index in [1.165, 1.54) is 0 Å². The van der Waals surface area contributed by atoms with Crippen molar-refractivity contribution in [1.82, 2.24) is 15.5 Å². The lowest BCUT2D eigenvalue weighted by atomic mass is 10.2. The Morgan fingerprint density at radius 3 is 2.86 bits per heavy atom. The molecule has 1 heterocycles. The van der Waals surface area contributed by atoms with Crippen LogP contribution in [0.1, 0.15) is 6.42 Å². The van der Waals surface area contributed by atoms with Gasteiger partial charge >= 0.3 is 0 Å². The van der Waals surface area contributed by atoms with E-state index in [-0.39, 0.29) is 11.9 Å². The smallest absolute Gasteiger partial charge is 0.237 e. The van der Waals surface area contributed by atoms with E-state index in [2.05, 4.69) is 10.6 Å². The molecule has 1 aliphatic rings. The number of nitrogens with zero attached hydrogens (tertiary/aromatic N) is 1. The lowest BCUT2D eigenvalue weighted by Crippen LogP contribution is -2.42. The molecule has 0 unspecified atom stereocenters. The van der Waals surface area contributed by atoms with Gasteiger partial charge in [0.15, 0.2) is 0 Å². The summed E-state index contributed by atoms with van der Waals surface area (Å²) in [6, 6.07) is -0.341. The summed E-state index contributed by atoms with van der Waals surface area (Å²) in [6.45, 7) is 1.71. The molecule has 14 heavy (non-hydrogen) atoms. The third-order valence-corrected chi connectivity index (χ3v) is 2.25. The molecule has 0 spiro atoms. The molecule has 0 saturated carbocycles. The van der Waals surface area contributed by atoms with Crippen molar-refractivity contribution in [3.05, 3.63) is 0 Å². The van der Waals surface area contributed by atoms with Crippen molar-refractivity contribution in [2.75, 3.05) is 33.7 Å². The van der Waals surface area contributed by atoms with Crippen molar-refractivity contribution in [3.8, 4) is 0 Å². The maximum absolute atomic E-state index is 12.7. The van der Waals surface area contributed by atoms with Crippen molar-refractivity contribution in [3.63, 3.8) is 0 Å². The Kier molecular flexibility index (Phi) is 4.28. The Hall–Kier alpha value is -0.680. The molecule has 1 aliphatic heterocycles. The topological polar surface area (TPSA) is 44.4 Å². The van der Waals surface area contributed by atoms with E-state index < -0.39 is 6.17 Å². The minimum Gasteiger partial charge on any atom is -0.353 e. The molecule has 82 valence electrons. The first-order valence-corrected chi connectivity index (χ1v) is 4.89. The molecule has 0 bridgehead atoms. The Bertz CT molecular complexity index is 198. The summed E-state index contributed by atoms with van der Waals surface area (Å²) in [5.41, 5.74) is 0. The summed E-state index contributed by atoms with van der Waals surface area (Å²) in [5, 5.41) is 5.61. The third kappa shape index (κ3) is 3.59. The third-order valence-electron chi connectivity index (χ3n) is 2.25. The molecule has 0 aromatic heterocycles. The van der Waals surface area contributed by atoms with Crippen molar-refractivity contribution < 1.29 is 9.18 Å². The molecule has 2 N–H and O–H groups in total. The van der Waals surface area contributed by atoms with Crippen LogP contribution in [0.2, 0.25) is 0 Å². The Balaban J connectivity index is 2.15. The van der Waals surface area contributed by atoms with Gasteiger partial charge < -0.3 is 15.5 Å². The van der Waals surface area contributed by atoms with Crippen molar-refractivity contribution >= 4 is 5.91 Å². The normalized spacial score (nSPS) is 26.9. The maximum atomic E-state index is 12.7. The highest BCUT2D eigenvalue weighted by molar-refractivity contribution is 5.82. The van der Waals surface area contributed by atoms with E-state index in [0.29, 0.717) is 19.5 Å². The summed E-state index contributed by atoms with van der Waals surface area (Å²) in [7, 11) is 3.88. The van der Waals surface area contributed by atoms with Crippen LogP contribution in [0.3, 0.4) is 0 Å². The average Bonchev–Trinajstić information content (AvgIpc) is 2.51. The Morgan fingerprint density at radius 2 is 2.36 bits per heavy atom. The van der Waals surface area contributed by atoms with E-state index >= 15 is 0 Å². The van der Waals surface area contributed by atoms with Gasteiger partial charge in [0.1, 0.15) is 6.17 Å². The number of rotatable bonds is 4. The largest absolute Gasteiger partial charge is 0.353 e. The first-order valence-electron chi connectivity index (χ1n) is 4.89. The molecule has 1 rings (SSSR count). The molecule has 0 aliphatic carbocycles. The first kappa shape index (κ1) is 11.4. The molecule has 0 aromatic rings. The van der Waals surface area contributed by atoms with Crippen molar-refractivity contribution in [1.29, 1.82) is 0 Å². The number of carbonyl (C=O) groups is 1. The maximum Gasteiger partial charge on any atom is 0.237 e. The van der Waals surface area contributed by atoms with Gasteiger partial charge in [0.05, 0.1) is 6.04 Å². The molecule has 0 radical (unpaired) electrons. The SMILES string of the molecule is CN(C)CCNC(=O)[C@H]1C[C@H](F)CN1. The Morgan fingerprint density at radius 1 is 1.64 bits per heavy atom. The summed E-state index contributed by atoms with van der Waals surface area (Å²) in [5.74, 6) is -0.0907. The lowest BCUT2D eigenvalue weighted by molar-refractivity contribution is -0.122. The highest BCUT2D eigenvalue weighted by Gasteiger charge is 2.28. The second-order valence-corrected chi connectivity index (χ2v) is 3.89. The second-order valence-electron chi connectivity index (χ2n) is 3.89. The first-order chi connectivity index (χ1) is 6.59. The minimum absolute atomic E-state index is 0.0907. The van der Waals surface area contributed by atoms with E-state index in [9.17, 15) is 9.18 Å². The van der Waals surface area contributed by atoms with Gasteiger partial charge in [-0.3, -0.25) is 4.79 Å². The van der Waals surface area contributed by atoms with Crippen LogP contribution >= 0.6 is 0 Å². The standard InChI is InChI=1S/C9H18FN3O/c1-13(2)4-3-11-9(14)8-5-7(10)6-12-8/h7-8,12H,3-6H2,1-2H3,(H,11,14)/t7-,8+/m0/s1. The van der Waals surface area contributed by atoms with Crippen molar-refractivity contribution in [2.24, 2.45) is 0 Å². The predicted octanol–water partition coefficient (Wildman–Crippen LogP) is -0.636. The zero-order valence-electron chi connectivity index (χ0n) is 8.72. The fourth-order valence-electron chi connectivity index (χ4n) is 1.42. The highest BCUT2D eigenvalue weighted by Crippen LogP contribution is 2.09. The van der Waals surface area contributed by atoms with E-state index in [1.807, 2.05) is 19.0 Å². The van der Waals surface area contributed by atoms with Crippen LogP contribution in [-0.4, -0.2) is 56.8 Å². The van der Waals surface area contributed by atoms with Gasteiger partial charge in [0, 0.05) is 26.1 Å². The number of halogens is 1. The van der Waals surface area contributed by atoms with Crippen molar-refractivity contribution in [2.45, 2.75) is 18.6 Å². The molecular weight excluding hydrogens is 185 g/mol. The van der Waals surface area contributed by atoms with Crippen LogP contribution < -0.4 is 10.6 Å². The number of nitrogens with one attached hydrogen (secondary N) is 2. The van der Waals surface area contributed by atoms with Crippen LogP contribution in [0.4, 0.5) is 4.39 Å². The zero-order chi connectivity index (χ0) is 10.6. The molecule has 2 atom stereocenters. The monoisotopic (exact) mass is 203 g/mol. The summed E-state index contributed by atoms with van der Waals surface area (Å²) in [4.78, 5) is 13.4. The highest BCUT2D eigenvalue weighted by atomic mass is 19.1. The van der Waals surface area contributed by atoms with Gasteiger partial charge in [-0.05, 0) is 14.1 Å². The summed E-state index contributed by atoms with van der Waals surface area (Å²) in [6.07, 6.45) is -0.576. The van der Waals surface area contributed by atoms with Gasteiger partial charge in [-0.2, -0.15) is 0 Å². The van der Waals surface area contributed by atoms with Gasteiger partial charge in [-0.25, -0.2) is 4.39 Å². The van der Waals surface area contributed by atoms with Crippen LogP contribution in [0.5, 0.6) is 0 Å². The van der Waals surface area contributed by atoms with Crippen LogP contribution in [0.15, 0.2) is 0 Å². The Labute approximate surface area is 83.8 Å². The quantitative estimate of drug-likeness (QED) is 0.639. The molecule has 1 amide bonds. The van der Waals surface area contributed by atoms with Gasteiger partial charge in [-0.1, -0.05) is 0 Å². The minimum atomic E-state index is -0.875. The van der Waals surface area contributed by atoms with Gasteiger partial charge in [-0.15, -0.1) is 0 Å². The lowest BCUT2D eigenvalue weighted by Gasteiger charge is -2.13. The van der Waals surface area contributed by atoms with E-state index in [0.717, 1.165) is 6.54 Å². The molecule has 1 saturated heterocycles. The number of alkyl halides is 1. The van der Waals surface area contributed by atoms with Crippen LogP contribution in [0.25, 0.3) is 0 Å². The predicted molar refractivity (Wildman–Crippen MR) is 52.9 cm³/mol. The molecule has 1 fully saturated rings. The number of hydrogen-bond donors (Lipinski definition) is 2. The fourth-order valence-corrected chi connectivity index (χ4v) is 1.42. The number of amides is 1. The molecule has 4 nitrogen and oxygen atoms in total. The summed E-state index contributed by atoms with van der Waals surface area (Å²) >= 11 is 0. The molecular formula is C9H18FN3O. The average molecular weight is 203 g/mol. The second kappa shape index (κ2) is 5.26.